The van der Waals surface area contributed by atoms with Crippen molar-refractivity contribution in [1.82, 2.24) is 4.98 Å². The Kier molecular flexibility index (Phi) is 6.92. The molecule has 0 aliphatic rings. The standard InChI is InChI=1S/C27H22F3N3O/c28-27(29,30)25-11-4-3-9-23(25)22-8-1-2-10-24(22)26(34)33-21-14-12-20(13-15-21)32-18-16-19-7-5-6-17-31-19/h1-15,17,32H,16,18H2,(H,33,34). The van der Waals surface area contributed by atoms with Crippen LogP contribution in [0.25, 0.3) is 11.1 Å². The maximum Gasteiger partial charge on any atom is 0.417 e. The first-order valence-corrected chi connectivity index (χ1v) is 10.7. The van der Waals surface area contributed by atoms with E-state index < -0.39 is 17.6 Å². The van der Waals surface area contributed by atoms with E-state index in [-0.39, 0.29) is 16.7 Å². The van der Waals surface area contributed by atoms with Crippen molar-refractivity contribution in [3.05, 3.63) is 114 Å². The molecule has 4 nitrogen and oxygen atoms in total. The quantitative estimate of drug-likeness (QED) is 0.323. The monoisotopic (exact) mass is 461 g/mol. The third kappa shape index (κ3) is 5.61. The minimum Gasteiger partial charge on any atom is -0.385 e. The highest BCUT2D eigenvalue weighted by Crippen LogP contribution is 2.38. The molecule has 0 aliphatic heterocycles. The molecule has 34 heavy (non-hydrogen) atoms. The smallest absolute Gasteiger partial charge is 0.385 e. The Bertz CT molecular complexity index is 1260. The van der Waals surface area contributed by atoms with E-state index in [1.807, 2.05) is 30.3 Å². The highest BCUT2D eigenvalue weighted by molar-refractivity contribution is 6.09. The number of anilines is 2. The van der Waals surface area contributed by atoms with Crippen molar-refractivity contribution < 1.29 is 18.0 Å². The molecule has 0 bridgehead atoms. The zero-order chi connectivity index (χ0) is 24.0. The van der Waals surface area contributed by atoms with Crippen molar-refractivity contribution in [3.63, 3.8) is 0 Å². The van der Waals surface area contributed by atoms with Gasteiger partial charge in [0, 0.05) is 41.8 Å². The van der Waals surface area contributed by atoms with E-state index >= 15 is 0 Å². The number of halogens is 3. The summed E-state index contributed by atoms with van der Waals surface area (Å²) in [5, 5.41) is 6.07. The Morgan fingerprint density at radius 3 is 2.12 bits per heavy atom. The lowest BCUT2D eigenvalue weighted by Gasteiger charge is -2.16. The number of nitrogens with one attached hydrogen (secondary N) is 2. The zero-order valence-corrected chi connectivity index (χ0v) is 18.1. The Labute approximate surface area is 195 Å². The van der Waals surface area contributed by atoms with Crippen molar-refractivity contribution in [1.29, 1.82) is 0 Å². The molecular weight excluding hydrogens is 439 g/mol. The number of carbonyl (C=O) groups is 1. The van der Waals surface area contributed by atoms with Gasteiger partial charge in [-0.1, -0.05) is 42.5 Å². The molecule has 1 heterocycles. The predicted molar refractivity (Wildman–Crippen MR) is 128 cm³/mol. The van der Waals surface area contributed by atoms with Crippen molar-refractivity contribution in [2.45, 2.75) is 12.6 Å². The topological polar surface area (TPSA) is 54.0 Å². The minimum atomic E-state index is -4.53. The lowest BCUT2D eigenvalue weighted by molar-refractivity contribution is -0.137. The fraction of sp³-hybridized carbons (Fsp3) is 0.111. The van der Waals surface area contributed by atoms with E-state index in [4.69, 9.17) is 0 Å². The van der Waals surface area contributed by atoms with Gasteiger partial charge < -0.3 is 10.6 Å². The SMILES string of the molecule is O=C(Nc1ccc(NCCc2ccccn2)cc1)c1ccccc1-c1ccccc1C(F)(F)F. The third-order valence-corrected chi connectivity index (χ3v) is 5.27. The number of aromatic nitrogens is 1. The molecule has 0 aliphatic carbocycles. The Morgan fingerprint density at radius 1 is 0.765 bits per heavy atom. The van der Waals surface area contributed by atoms with Gasteiger partial charge in [-0.05, 0) is 59.7 Å². The number of hydrogen-bond acceptors (Lipinski definition) is 3. The average Bonchev–Trinajstić information content (AvgIpc) is 2.85. The van der Waals surface area contributed by atoms with Crippen molar-refractivity contribution in [2.24, 2.45) is 0 Å². The van der Waals surface area contributed by atoms with Crippen LogP contribution < -0.4 is 10.6 Å². The minimum absolute atomic E-state index is 0.0341. The van der Waals surface area contributed by atoms with Gasteiger partial charge in [-0.2, -0.15) is 13.2 Å². The average molecular weight is 461 g/mol. The van der Waals surface area contributed by atoms with E-state index in [0.717, 1.165) is 23.9 Å². The summed E-state index contributed by atoms with van der Waals surface area (Å²) < 4.78 is 40.6. The fourth-order valence-corrected chi connectivity index (χ4v) is 3.63. The second-order valence-corrected chi connectivity index (χ2v) is 7.62. The van der Waals surface area contributed by atoms with Crippen LogP contribution in [0.3, 0.4) is 0 Å². The summed E-state index contributed by atoms with van der Waals surface area (Å²) in [5.41, 5.74) is 1.99. The number of hydrogen-bond donors (Lipinski definition) is 2. The molecule has 172 valence electrons. The second-order valence-electron chi connectivity index (χ2n) is 7.62. The van der Waals surface area contributed by atoms with Gasteiger partial charge in [0.15, 0.2) is 0 Å². The highest BCUT2D eigenvalue weighted by atomic mass is 19.4. The summed E-state index contributed by atoms with van der Waals surface area (Å²) in [6, 6.07) is 24.5. The molecule has 1 aromatic heterocycles. The molecule has 1 amide bonds. The number of alkyl halides is 3. The van der Waals surface area contributed by atoms with Crippen LogP contribution in [0.2, 0.25) is 0 Å². The first kappa shape index (κ1) is 23.0. The molecule has 0 atom stereocenters. The number of carbonyl (C=O) groups excluding carboxylic acids is 1. The van der Waals surface area contributed by atoms with E-state index in [1.54, 1.807) is 30.5 Å². The molecule has 0 radical (unpaired) electrons. The van der Waals surface area contributed by atoms with E-state index in [1.165, 1.54) is 30.3 Å². The van der Waals surface area contributed by atoms with Crippen molar-refractivity contribution in [2.75, 3.05) is 17.2 Å². The van der Waals surface area contributed by atoms with Gasteiger partial charge in [0.25, 0.3) is 5.91 Å². The molecule has 0 fully saturated rings. The molecule has 4 rings (SSSR count). The van der Waals surface area contributed by atoms with Crippen LogP contribution in [0.4, 0.5) is 24.5 Å². The largest absolute Gasteiger partial charge is 0.417 e. The van der Waals surface area contributed by atoms with Gasteiger partial charge in [-0.15, -0.1) is 0 Å². The highest BCUT2D eigenvalue weighted by Gasteiger charge is 2.34. The Balaban J connectivity index is 1.46. The van der Waals surface area contributed by atoms with Crippen LogP contribution >= 0.6 is 0 Å². The van der Waals surface area contributed by atoms with Crippen LogP contribution in [0.5, 0.6) is 0 Å². The summed E-state index contributed by atoms with van der Waals surface area (Å²) in [4.78, 5) is 17.3. The van der Waals surface area contributed by atoms with E-state index in [9.17, 15) is 18.0 Å². The Hall–Kier alpha value is -4.13. The van der Waals surface area contributed by atoms with Crippen LogP contribution in [0, 0.1) is 0 Å². The lowest BCUT2D eigenvalue weighted by Crippen LogP contribution is -2.14. The number of benzene rings is 3. The summed E-state index contributed by atoms with van der Waals surface area (Å²) in [6.45, 7) is 0.703. The molecule has 0 unspecified atom stereocenters. The van der Waals surface area contributed by atoms with E-state index in [2.05, 4.69) is 15.6 Å². The van der Waals surface area contributed by atoms with Gasteiger partial charge in [-0.25, -0.2) is 0 Å². The molecule has 0 spiro atoms. The second kappa shape index (κ2) is 10.2. The molecule has 0 saturated heterocycles. The molecule has 2 N–H and O–H groups in total. The molecule has 3 aromatic carbocycles. The lowest BCUT2D eigenvalue weighted by atomic mass is 9.94. The molecule has 0 saturated carbocycles. The van der Waals surface area contributed by atoms with Gasteiger partial charge in [0.05, 0.1) is 5.56 Å². The number of amides is 1. The summed E-state index contributed by atoms with van der Waals surface area (Å²) in [7, 11) is 0. The van der Waals surface area contributed by atoms with Gasteiger partial charge in [0.2, 0.25) is 0 Å². The maximum atomic E-state index is 13.5. The molecule has 7 heteroatoms. The molecular formula is C27H22F3N3O. The first-order valence-electron chi connectivity index (χ1n) is 10.7. The van der Waals surface area contributed by atoms with Gasteiger partial charge in [0.1, 0.15) is 0 Å². The zero-order valence-electron chi connectivity index (χ0n) is 18.1. The number of rotatable bonds is 7. The normalized spacial score (nSPS) is 11.1. The van der Waals surface area contributed by atoms with E-state index in [0.29, 0.717) is 12.2 Å². The third-order valence-electron chi connectivity index (χ3n) is 5.27. The number of nitrogens with zero attached hydrogens (tertiary/aromatic N) is 1. The number of pyridine rings is 1. The molecule has 4 aromatic rings. The van der Waals surface area contributed by atoms with Crippen LogP contribution in [-0.4, -0.2) is 17.4 Å². The van der Waals surface area contributed by atoms with Crippen molar-refractivity contribution >= 4 is 17.3 Å². The first-order chi connectivity index (χ1) is 16.4. The summed E-state index contributed by atoms with van der Waals surface area (Å²) in [6.07, 6.45) is -2.00. The summed E-state index contributed by atoms with van der Waals surface area (Å²) >= 11 is 0. The van der Waals surface area contributed by atoms with Crippen molar-refractivity contribution in [3.8, 4) is 11.1 Å². The fourth-order valence-electron chi connectivity index (χ4n) is 3.63. The van der Waals surface area contributed by atoms with Crippen LogP contribution in [-0.2, 0) is 12.6 Å². The van der Waals surface area contributed by atoms with Gasteiger partial charge >= 0.3 is 6.18 Å². The Morgan fingerprint density at radius 2 is 1.41 bits per heavy atom. The maximum absolute atomic E-state index is 13.5. The van der Waals surface area contributed by atoms with Crippen LogP contribution in [0.1, 0.15) is 21.6 Å². The van der Waals surface area contributed by atoms with Gasteiger partial charge in [-0.3, -0.25) is 9.78 Å². The van der Waals surface area contributed by atoms with Crippen LogP contribution in [0.15, 0.2) is 97.2 Å². The summed E-state index contributed by atoms with van der Waals surface area (Å²) in [5.74, 6) is -0.483. The predicted octanol–water partition coefficient (Wildman–Crippen LogP) is 6.67.